The van der Waals surface area contributed by atoms with Crippen molar-refractivity contribution in [1.29, 1.82) is 0 Å². The summed E-state index contributed by atoms with van der Waals surface area (Å²) in [6, 6.07) is 14.8. The molecule has 0 aliphatic carbocycles. The molecule has 27 heavy (non-hydrogen) atoms. The molecule has 0 bridgehead atoms. The maximum Gasteiger partial charge on any atom is 0.325 e. The lowest BCUT2D eigenvalue weighted by molar-refractivity contribution is -0.121. The predicted molar refractivity (Wildman–Crippen MR) is 107 cm³/mol. The van der Waals surface area contributed by atoms with Gasteiger partial charge in [0.25, 0.3) is 0 Å². The van der Waals surface area contributed by atoms with E-state index in [-0.39, 0.29) is 18.5 Å². The molecule has 0 atom stereocenters. The summed E-state index contributed by atoms with van der Waals surface area (Å²) in [5, 5.41) is 4.32. The largest absolute Gasteiger partial charge is 0.348 e. The summed E-state index contributed by atoms with van der Waals surface area (Å²) in [4.78, 5) is 32.5. The lowest BCUT2D eigenvalue weighted by Crippen LogP contribution is -2.39. The molecule has 1 N–H and O–H groups in total. The maximum absolute atomic E-state index is 12.5. The van der Waals surface area contributed by atoms with Crippen molar-refractivity contribution in [3.8, 4) is 0 Å². The summed E-state index contributed by atoms with van der Waals surface area (Å²) >= 11 is 7.45. The number of hydrogen-bond donors (Lipinski definition) is 1. The van der Waals surface area contributed by atoms with Crippen molar-refractivity contribution in [3.05, 3.63) is 58.6 Å². The maximum atomic E-state index is 12.5. The Kier molecular flexibility index (Phi) is 4.96. The second-order valence-electron chi connectivity index (χ2n) is 6.18. The third kappa shape index (κ3) is 3.89. The van der Waals surface area contributed by atoms with Gasteiger partial charge in [-0.2, -0.15) is 0 Å². The van der Waals surface area contributed by atoms with Crippen LogP contribution >= 0.6 is 22.9 Å². The fraction of sp³-hybridized carbons (Fsp3) is 0.211. The Morgan fingerprint density at radius 2 is 1.93 bits per heavy atom. The molecular weight excluding hydrogens is 384 g/mol. The van der Waals surface area contributed by atoms with Crippen molar-refractivity contribution < 1.29 is 9.59 Å². The van der Waals surface area contributed by atoms with Gasteiger partial charge in [0.15, 0.2) is 0 Å². The molecule has 0 radical (unpaired) electrons. The highest BCUT2D eigenvalue weighted by Crippen LogP contribution is 2.23. The zero-order valence-corrected chi connectivity index (χ0v) is 16.0. The lowest BCUT2D eigenvalue weighted by atomic mass is 10.3. The molecule has 6 nitrogen and oxygen atoms in total. The van der Waals surface area contributed by atoms with Crippen LogP contribution in [-0.4, -0.2) is 41.5 Å². The van der Waals surface area contributed by atoms with Crippen LogP contribution in [-0.2, 0) is 11.3 Å². The number of aromatic nitrogens is 1. The Balaban J connectivity index is 1.33. The standard InChI is InChI=1S/C19H17ClN4O2S/c20-13-5-7-14(8-6-13)24-10-9-23(19(24)26)12-17(25)21-11-18-22-15-3-1-2-4-16(15)27-18/h1-8H,9-12H2,(H,21,25). The molecule has 4 rings (SSSR count). The van der Waals surface area contributed by atoms with Gasteiger partial charge in [-0.15, -0.1) is 11.3 Å². The molecular formula is C19H17ClN4O2S. The zero-order chi connectivity index (χ0) is 18.8. The minimum absolute atomic E-state index is 0.0355. The van der Waals surface area contributed by atoms with Crippen molar-refractivity contribution in [2.24, 2.45) is 0 Å². The summed E-state index contributed by atoms with van der Waals surface area (Å²) in [7, 11) is 0. The van der Waals surface area contributed by atoms with Gasteiger partial charge in [0.05, 0.1) is 16.8 Å². The van der Waals surface area contributed by atoms with Crippen molar-refractivity contribution in [1.82, 2.24) is 15.2 Å². The smallest absolute Gasteiger partial charge is 0.325 e. The molecule has 1 fully saturated rings. The van der Waals surface area contributed by atoms with E-state index in [4.69, 9.17) is 11.6 Å². The van der Waals surface area contributed by atoms with Crippen LogP contribution in [0.3, 0.4) is 0 Å². The van der Waals surface area contributed by atoms with Gasteiger partial charge in [-0.25, -0.2) is 9.78 Å². The minimum atomic E-state index is -0.194. The Morgan fingerprint density at radius 3 is 2.70 bits per heavy atom. The molecule has 1 aliphatic rings. The van der Waals surface area contributed by atoms with Crippen molar-refractivity contribution in [3.63, 3.8) is 0 Å². The van der Waals surface area contributed by atoms with Crippen LogP contribution in [0.5, 0.6) is 0 Å². The topological polar surface area (TPSA) is 65.5 Å². The number of para-hydroxylation sites is 1. The molecule has 1 aromatic heterocycles. The molecule has 0 saturated carbocycles. The van der Waals surface area contributed by atoms with Crippen LogP contribution in [0, 0.1) is 0 Å². The fourth-order valence-electron chi connectivity index (χ4n) is 2.99. The number of carbonyl (C=O) groups excluding carboxylic acids is 2. The van der Waals surface area contributed by atoms with Crippen LogP contribution in [0.25, 0.3) is 10.2 Å². The number of amides is 3. The fourth-order valence-corrected chi connectivity index (χ4v) is 4.02. The number of hydrogen-bond acceptors (Lipinski definition) is 4. The van der Waals surface area contributed by atoms with E-state index in [0.29, 0.717) is 24.7 Å². The van der Waals surface area contributed by atoms with Crippen LogP contribution in [0.2, 0.25) is 5.02 Å². The van der Waals surface area contributed by atoms with E-state index in [1.165, 1.54) is 0 Å². The number of fused-ring (bicyclic) bond motifs is 1. The molecule has 1 saturated heterocycles. The summed E-state index contributed by atoms with van der Waals surface area (Å²) < 4.78 is 1.09. The average molecular weight is 401 g/mol. The normalized spacial score (nSPS) is 14.2. The predicted octanol–water partition coefficient (Wildman–Crippen LogP) is 3.51. The van der Waals surface area contributed by atoms with E-state index < -0.39 is 0 Å². The first-order chi connectivity index (χ1) is 13.1. The summed E-state index contributed by atoms with van der Waals surface area (Å²) in [5.74, 6) is -0.194. The van der Waals surface area contributed by atoms with E-state index in [1.807, 2.05) is 24.3 Å². The highest BCUT2D eigenvalue weighted by molar-refractivity contribution is 7.18. The Morgan fingerprint density at radius 1 is 1.15 bits per heavy atom. The van der Waals surface area contributed by atoms with Gasteiger partial charge in [0, 0.05) is 23.8 Å². The van der Waals surface area contributed by atoms with E-state index >= 15 is 0 Å². The molecule has 138 valence electrons. The van der Waals surface area contributed by atoms with Crippen molar-refractivity contribution in [2.45, 2.75) is 6.54 Å². The molecule has 3 aromatic rings. The van der Waals surface area contributed by atoms with Crippen molar-refractivity contribution >= 4 is 50.8 Å². The summed E-state index contributed by atoms with van der Waals surface area (Å²) in [6.45, 7) is 1.45. The van der Waals surface area contributed by atoms with E-state index in [0.717, 1.165) is 20.9 Å². The van der Waals surface area contributed by atoms with Gasteiger partial charge in [0.2, 0.25) is 5.91 Å². The van der Waals surface area contributed by atoms with Crippen LogP contribution in [0.1, 0.15) is 5.01 Å². The SMILES string of the molecule is O=C(CN1CCN(c2ccc(Cl)cc2)C1=O)NCc1nc2ccccc2s1. The molecule has 0 spiro atoms. The van der Waals surface area contributed by atoms with Gasteiger partial charge >= 0.3 is 6.03 Å². The van der Waals surface area contributed by atoms with Gasteiger partial charge in [0.1, 0.15) is 11.6 Å². The molecule has 2 aromatic carbocycles. The molecule has 8 heteroatoms. The zero-order valence-electron chi connectivity index (χ0n) is 14.4. The first kappa shape index (κ1) is 17.8. The van der Waals surface area contributed by atoms with Crippen LogP contribution in [0.15, 0.2) is 48.5 Å². The molecule has 2 heterocycles. The lowest BCUT2D eigenvalue weighted by Gasteiger charge is -2.18. The second-order valence-corrected chi connectivity index (χ2v) is 7.74. The Bertz CT molecular complexity index is 956. The molecule has 1 aliphatic heterocycles. The number of anilines is 1. The van der Waals surface area contributed by atoms with E-state index in [2.05, 4.69) is 10.3 Å². The Hall–Kier alpha value is -2.64. The average Bonchev–Trinajstić information content (AvgIpc) is 3.24. The van der Waals surface area contributed by atoms with Gasteiger partial charge in [-0.05, 0) is 36.4 Å². The van der Waals surface area contributed by atoms with Crippen LogP contribution < -0.4 is 10.2 Å². The Labute approximate surface area is 165 Å². The second kappa shape index (κ2) is 7.54. The van der Waals surface area contributed by atoms with Crippen LogP contribution in [0.4, 0.5) is 10.5 Å². The molecule has 0 unspecified atom stereocenters. The number of thiazole rings is 1. The van der Waals surface area contributed by atoms with E-state index in [9.17, 15) is 9.59 Å². The van der Waals surface area contributed by atoms with Gasteiger partial charge in [-0.1, -0.05) is 23.7 Å². The summed E-state index contributed by atoms with van der Waals surface area (Å²) in [6.07, 6.45) is 0. The number of halogens is 1. The summed E-state index contributed by atoms with van der Waals surface area (Å²) in [5.41, 5.74) is 1.71. The third-order valence-electron chi connectivity index (χ3n) is 4.34. The monoisotopic (exact) mass is 400 g/mol. The minimum Gasteiger partial charge on any atom is -0.348 e. The van der Waals surface area contributed by atoms with Crippen molar-refractivity contribution in [2.75, 3.05) is 24.5 Å². The first-order valence-electron chi connectivity index (χ1n) is 8.53. The van der Waals surface area contributed by atoms with Gasteiger partial charge in [-0.3, -0.25) is 9.69 Å². The number of nitrogens with zero attached hydrogens (tertiary/aromatic N) is 3. The third-order valence-corrected chi connectivity index (χ3v) is 5.63. The van der Waals surface area contributed by atoms with E-state index in [1.54, 1.807) is 45.4 Å². The highest BCUT2D eigenvalue weighted by atomic mass is 35.5. The number of rotatable bonds is 5. The number of urea groups is 1. The number of carbonyl (C=O) groups is 2. The number of nitrogens with one attached hydrogen (secondary N) is 1. The molecule has 3 amide bonds. The quantitative estimate of drug-likeness (QED) is 0.712. The van der Waals surface area contributed by atoms with Gasteiger partial charge < -0.3 is 10.2 Å². The number of benzene rings is 2. The highest BCUT2D eigenvalue weighted by Gasteiger charge is 2.30. The first-order valence-corrected chi connectivity index (χ1v) is 9.73.